The standard InChI is InChI=1S/2C2H5.Zr/c2*1-2;/h2*1H2,2H3;/q2*-1;+2. The predicted octanol–water partition coefficient (Wildman–Crippen LogP) is 1.68. The van der Waals surface area contributed by atoms with Gasteiger partial charge in [0.1, 0.15) is 0 Å². The van der Waals surface area contributed by atoms with Crippen LogP contribution in [0.15, 0.2) is 0 Å². The van der Waals surface area contributed by atoms with Crippen molar-refractivity contribution < 1.29 is 26.2 Å². The molecular formula is C4H10Zr. The predicted molar refractivity (Wildman–Crippen MR) is 22.1 cm³/mol. The molecule has 30 valence electrons. The Labute approximate surface area is 54.1 Å². The third-order valence-electron chi connectivity index (χ3n) is 0. The van der Waals surface area contributed by atoms with E-state index in [0.29, 0.717) is 0 Å². The second kappa shape index (κ2) is 94.4. The molecule has 0 rings (SSSR count). The molecule has 0 bridgehead atoms. The van der Waals surface area contributed by atoms with E-state index in [1.807, 2.05) is 0 Å². The average Bonchev–Trinajstić information content (AvgIpc) is 1.50. The molecule has 0 aliphatic heterocycles. The number of hydrogen-bond acceptors (Lipinski definition) is 0. The van der Waals surface area contributed by atoms with Crippen LogP contribution in [0.1, 0.15) is 13.8 Å². The van der Waals surface area contributed by atoms with Crippen molar-refractivity contribution in [2.45, 2.75) is 13.8 Å². The van der Waals surface area contributed by atoms with Crippen molar-refractivity contribution in [2.75, 3.05) is 0 Å². The fourth-order valence-electron chi connectivity index (χ4n) is 0. The largest absolute Gasteiger partial charge is 2.00 e. The molecule has 0 aromatic rings. The maximum Gasteiger partial charge on any atom is 2.00 e. The van der Waals surface area contributed by atoms with E-state index in [2.05, 4.69) is 13.8 Å². The summed E-state index contributed by atoms with van der Waals surface area (Å²) < 4.78 is 0. The summed E-state index contributed by atoms with van der Waals surface area (Å²) in [5, 5.41) is 0. The first kappa shape index (κ1) is 16.9. The molecule has 0 fully saturated rings. The van der Waals surface area contributed by atoms with E-state index in [4.69, 9.17) is 0 Å². The fraction of sp³-hybridized carbons (Fsp3) is 0.500. The monoisotopic (exact) mass is 148 g/mol. The summed E-state index contributed by atoms with van der Waals surface area (Å²) in [6.07, 6.45) is 0. The van der Waals surface area contributed by atoms with Gasteiger partial charge < -0.3 is 13.8 Å². The second-order valence-electron chi connectivity index (χ2n) is 0. The summed E-state index contributed by atoms with van der Waals surface area (Å²) >= 11 is 0. The molecule has 0 unspecified atom stereocenters. The molecule has 0 N–H and O–H groups in total. The zero-order valence-electron chi connectivity index (χ0n) is 3.91. The molecular weight excluding hydrogens is 139 g/mol. The molecule has 0 heterocycles. The minimum absolute atomic E-state index is 0. The minimum atomic E-state index is 0. The summed E-state index contributed by atoms with van der Waals surface area (Å²) in [7, 11) is 0. The van der Waals surface area contributed by atoms with Gasteiger partial charge in [-0.2, -0.15) is 13.8 Å². The van der Waals surface area contributed by atoms with Crippen molar-refractivity contribution in [1.29, 1.82) is 0 Å². The van der Waals surface area contributed by atoms with Crippen molar-refractivity contribution >= 4 is 0 Å². The fourth-order valence-corrected chi connectivity index (χ4v) is 0. The van der Waals surface area contributed by atoms with Crippen molar-refractivity contribution in [3.8, 4) is 0 Å². The van der Waals surface area contributed by atoms with Crippen LogP contribution in [0.2, 0.25) is 0 Å². The summed E-state index contributed by atoms with van der Waals surface area (Å²) in [6, 6.07) is 0. The Balaban J connectivity index is -0.0000000133. The van der Waals surface area contributed by atoms with Gasteiger partial charge in [0, 0.05) is 0 Å². The normalized spacial score (nSPS) is 2.40. The van der Waals surface area contributed by atoms with E-state index >= 15 is 0 Å². The number of rotatable bonds is 0. The van der Waals surface area contributed by atoms with Crippen molar-refractivity contribution in [2.24, 2.45) is 0 Å². The topological polar surface area (TPSA) is 0 Å². The van der Waals surface area contributed by atoms with Gasteiger partial charge in [-0.3, -0.25) is 0 Å². The van der Waals surface area contributed by atoms with Crippen LogP contribution < -0.4 is 0 Å². The van der Waals surface area contributed by atoms with Gasteiger partial charge in [-0.1, -0.05) is 0 Å². The molecule has 0 nitrogen and oxygen atoms in total. The third-order valence-corrected chi connectivity index (χ3v) is 0. The van der Waals surface area contributed by atoms with E-state index in [-0.39, 0.29) is 26.2 Å². The Morgan fingerprint density at radius 1 is 0.800 bits per heavy atom. The van der Waals surface area contributed by atoms with E-state index in [1.54, 1.807) is 13.8 Å². The summed E-state index contributed by atoms with van der Waals surface area (Å²) in [5.41, 5.74) is 0. The van der Waals surface area contributed by atoms with Gasteiger partial charge in [-0.15, -0.1) is 0 Å². The summed E-state index contributed by atoms with van der Waals surface area (Å²) in [6.45, 7) is 10.0. The Bertz CT molecular complexity index is 3.61. The van der Waals surface area contributed by atoms with E-state index in [1.165, 1.54) is 0 Å². The maximum absolute atomic E-state index is 3.25. The summed E-state index contributed by atoms with van der Waals surface area (Å²) in [5.74, 6) is 0. The first-order valence-electron chi connectivity index (χ1n) is 1.41. The molecule has 0 aliphatic carbocycles. The first-order valence-corrected chi connectivity index (χ1v) is 1.41. The molecule has 0 saturated heterocycles. The van der Waals surface area contributed by atoms with Gasteiger partial charge in [0.2, 0.25) is 0 Å². The van der Waals surface area contributed by atoms with Crippen molar-refractivity contribution in [3.05, 3.63) is 13.8 Å². The summed E-state index contributed by atoms with van der Waals surface area (Å²) in [4.78, 5) is 0. The van der Waals surface area contributed by atoms with Crippen molar-refractivity contribution in [3.63, 3.8) is 0 Å². The van der Waals surface area contributed by atoms with Gasteiger partial charge >= 0.3 is 26.2 Å². The van der Waals surface area contributed by atoms with Crippen LogP contribution in [0, 0.1) is 13.8 Å². The van der Waals surface area contributed by atoms with Gasteiger partial charge in [0.25, 0.3) is 0 Å². The molecule has 1 heteroatoms. The quantitative estimate of drug-likeness (QED) is 0.460. The minimum Gasteiger partial charge on any atom is -0.346 e. The van der Waals surface area contributed by atoms with Gasteiger partial charge in [0.05, 0.1) is 0 Å². The Hall–Kier alpha value is 0.883. The third kappa shape index (κ3) is 52.0. The van der Waals surface area contributed by atoms with Crippen LogP contribution >= 0.6 is 0 Å². The molecule has 0 saturated carbocycles. The molecule has 5 heavy (non-hydrogen) atoms. The molecule has 0 aromatic carbocycles. The molecule has 0 amide bonds. The van der Waals surface area contributed by atoms with Crippen molar-refractivity contribution in [1.82, 2.24) is 0 Å². The zero-order chi connectivity index (χ0) is 4.00. The van der Waals surface area contributed by atoms with E-state index in [9.17, 15) is 0 Å². The smallest absolute Gasteiger partial charge is 0.346 e. The Kier molecular flexibility index (Phi) is 319. The van der Waals surface area contributed by atoms with E-state index < -0.39 is 0 Å². The Morgan fingerprint density at radius 2 is 0.800 bits per heavy atom. The van der Waals surface area contributed by atoms with Crippen LogP contribution in [-0.4, -0.2) is 0 Å². The average molecular weight is 149 g/mol. The molecule has 0 aliphatic rings. The van der Waals surface area contributed by atoms with E-state index in [0.717, 1.165) is 0 Å². The van der Waals surface area contributed by atoms with Gasteiger partial charge in [-0.05, 0) is 0 Å². The molecule has 0 spiro atoms. The van der Waals surface area contributed by atoms with Crippen LogP contribution in [0.5, 0.6) is 0 Å². The first-order chi connectivity index (χ1) is 2.00. The molecule has 0 atom stereocenters. The number of hydrogen-bond donors (Lipinski definition) is 0. The molecule has 0 aromatic heterocycles. The SMILES string of the molecule is [CH2-]C.[CH2-]C.[Zr+2]. The van der Waals surface area contributed by atoms with Gasteiger partial charge in [0.15, 0.2) is 0 Å². The van der Waals surface area contributed by atoms with Crippen LogP contribution in [0.4, 0.5) is 0 Å². The van der Waals surface area contributed by atoms with Crippen LogP contribution in [0.3, 0.4) is 0 Å². The molecule has 0 radical (unpaired) electrons. The van der Waals surface area contributed by atoms with Gasteiger partial charge in [-0.25, -0.2) is 0 Å². The Morgan fingerprint density at radius 3 is 0.800 bits per heavy atom. The second-order valence-corrected chi connectivity index (χ2v) is 0. The van der Waals surface area contributed by atoms with Crippen LogP contribution in [-0.2, 0) is 26.2 Å². The zero-order valence-corrected chi connectivity index (χ0v) is 6.37. The maximum atomic E-state index is 3.25. The van der Waals surface area contributed by atoms with Crippen LogP contribution in [0.25, 0.3) is 0 Å².